The van der Waals surface area contributed by atoms with Crippen molar-refractivity contribution in [3.63, 3.8) is 0 Å². The van der Waals surface area contributed by atoms with E-state index < -0.39 is 5.92 Å². The highest BCUT2D eigenvalue weighted by Gasteiger charge is 2.41. The van der Waals surface area contributed by atoms with Gasteiger partial charge in [-0.2, -0.15) is 5.10 Å². The fraction of sp³-hybridized carbons (Fsp3) is 0.0556. The number of nitrogens with zero attached hydrogens (tertiary/aromatic N) is 3. The maximum absolute atomic E-state index is 12.8. The summed E-state index contributed by atoms with van der Waals surface area (Å²) in [6.07, 6.45) is 4.65. The van der Waals surface area contributed by atoms with E-state index in [4.69, 9.17) is 0 Å². The molecule has 0 amide bonds. The third kappa shape index (κ3) is 2.25. The van der Waals surface area contributed by atoms with Gasteiger partial charge >= 0.3 is 0 Å². The summed E-state index contributed by atoms with van der Waals surface area (Å²) in [5.41, 5.74) is 1.98. The van der Waals surface area contributed by atoms with Crippen molar-refractivity contribution in [2.24, 2.45) is 5.92 Å². The molecule has 0 bridgehead atoms. The second kappa shape index (κ2) is 5.66. The summed E-state index contributed by atoms with van der Waals surface area (Å²) in [5, 5.41) is 6.53. The number of rotatable bonds is 3. The maximum Gasteiger partial charge on any atom is 0.178 e. The van der Waals surface area contributed by atoms with Crippen LogP contribution in [0, 0.1) is 5.92 Å². The molecule has 0 spiro atoms. The molecule has 0 radical (unpaired) electrons. The van der Waals surface area contributed by atoms with Gasteiger partial charge < -0.3 is 0 Å². The number of aromatic amines is 1. The van der Waals surface area contributed by atoms with Crippen LogP contribution < -0.4 is 0 Å². The molecule has 6 nitrogen and oxygen atoms in total. The fourth-order valence-electron chi connectivity index (χ4n) is 2.90. The van der Waals surface area contributed by atoms with E-state index in [0.29, 0.717) is 28.2 Å². The van der Waals surface area contributed by atoms with E-state index >= 15 is 0 Å². The predicted octanol–water partition coefficient (Wildman–Crippen LogP) is 2.44. The first-order valence-electron chi connectivity index (χ1n) is 7.41. The molecule has 1 aromatic carbocycles. The molecule has 0 aliphatic heterocycles. The Balaban J connectivity index is 1.87. The van der Waals surface area contributed by atoms with E-state index in [1.807, 2.05) is 6.07 Å². The largest absolute Gasteiger partial charge is 0.293 e. The second-order valence-corrected chi connectivity index (χ2v) is 5.39. The van der Waals surface area contributed by atoms with E-state index in [1.165, 1.54) is 6.33 Å². The van der Waals surface area contributed by atoms with Crippen molar-refractivity contribution in [1.29, 1.82) is 0 Å². The maximum atomic E-state index is 12.8. The van der Waals surface area contributed by atoms with E-state index in [9.17, 15) is 9.59 Å². The Hall–Kier alpha value is -3.41. The molecule has 0 fully saturated rings. The number of nitrogens with one attached hydrogen (secondary N) is 1. The quantitative estimate of drug-likeness (QED) is 0.750. The van der Waals surface area contributed by atoms with Gasteiger partial charge in [-0.05, 0) is 18.2 Å². The summed E-state index contributed by atoms with van der Waals surface area (Å²) in [5.74, 6) is -0.881. The van der Waals surface area contributed by atoms with Crippen LogP contribution in [0.15, 0.2) is 55.0 Å². The molecule has 2 heterocycles. The van der Waals surface area contributed by atoms with Gasteiger partial charge in [0.2, 0.25) is 0 Å². The molecule has 0 saturated carbocycles. The lowest BCUT2D eigenvalue weighted by Crippen LogP contribution is -2.18. The normalized spacial score (nSPS) is 14.9. The highest BCUT2D eigenvalue weighted by atomic mass is 16.2. The summed E-state index contributed by atoms with van der Waals surface area (Å²) in [6.45, 7) is 0. The zero-order valence-electron chi connectivity index (χ0n) is 12.5. The molecule has 1 N–H and O–H groups in total. The average molecular weight is 316 g/mol. The van der Waals surface area contributed by atoms with Crippen molar-refractivity contribution in [3.8, 4) is 0 Å². The van der Waals surface area contributed by atoms with Crippen LogP contribution in [0.25, 0.3) is 11.6 Å². The SMILES string of the molecule is O=C1c2ccccc2C(=O)C1C(=Cc1ncn[nH]1)c1ccccn1. The van der Waals surface area contributed by atoms with Crippen LogP contribution in [0.3, 0.4) is 0 Å². The predicted molar refractivity (Wildman–Crippen MR) is 87.1 cm³/mol. The molecular formula is C18H12N4O2. The number of pyridine rings is 1. The monoisotopic (exact) mass is 316 g/mol. The van der Waals surface area contributed by atoms with Crippen LogP contribution in [-0.4, -0.2) is 31.7 Å². The molecule has 1 aliphatic carbocycles. The lowest BCUT2D eigenvalue weighted by Gasteiger charge is -2.11. The van der Waals surface area contributed by atoms with E-state index in [-0.39, 0.29) is 11.6 Å². The Bertz CT molecular complexity index is 911. The molecule has 4 rings (SSSR count). The van der Waals surface area contributed by atoms with Crippen molar-refractivity contribution >= 4 is 23.2 Å². The Kier molecular flexibility index (Phi) is 3.35. The molecule has 0 unspecified atom stereocenters. The summed E-state index contributed by atoms with van der Waals surface area (Å²) in [6, 6.07) is 12.2. The van der Waals surface area contributed by atoms with Crippen molar-refractivity contribution in [2.75, 3.05) is 0 Å². The highest BCUT2D eigenvalue weighted by Crippen LogP contribution is 2.36. The van der Waals surface area contributed by atoms with Crippen LogP contribution in [0.5, 0.6) is 0 Å². The summed E-state index contributed by atoms with van der Waals surface area (Å²) in [7, 11) is 0. The lowest BCUT2D eigenvalue weighted by molar-refractivity contribution is 0.0878. The molecular weight excluding hydrogens is 304 g/mol. The molecule has 2 aromatic heterocycles. The van der Waals surface area contributed by atoms with Crippen molar-refractivity contribution in [1.82, 2.24) is 20.2 Å². The third-order valence-electron chi connectivity index (χ3n) is 3.98. The van der Waals surface area contributed by atoms with E-state index in [2.05, 4.69) is 20.2 Å². The smallest absolute Gasteiger partial charge is 0.178 e. The van der Waals surface area contributed by atoms with Gasteiger partial charge in [-0.25, -0.2) is 4.98 Å². The van der Waals surface area contributed by atoms with Crippen LogP contribution in [-0.2, 0) is 0 Å². The van der Waals surface area contributed by atoms with Crippen LogP contribution in [0.1, 0.15) is 32.2 Å². The fourth-order valence-corrected chi connectivity index (χ4v) is 2.90. The average Bonchev–Trinajstić information content (AvgIpc) is 3.22. The zero-order valence-corrected chi connectivity index (χ0v) is 12.5. The number of fused-ring (bicyclic) bond motifs is 1. The minimum absolute atomic E-state index is 0.216. The molecule has 1 aliphatic rings. The van der Waals surface area contributed by atoms with Gasteiger partial charge in [-0.15, -0.1) is 0 Å². The highest BCUT2D eigenvalue weighted by molar-refractivity contribution is 6.32. The van der Waals surface area contributed by atoms with E-state index in [1.54, 1.807) is 48.7 Å². The molecule has 0 atom stereocenters. The van der Waals surface area contributed by atoms with Crippen LogP contribution >= 0.6 is 0 Å². The number of hydrogen-bond donors (Lipinski definition) is 1. The Morgan fingerprint density at radius 2 is 1.67 bits per heavy atom. The number of carbonyl (C=O) groups excluding carboxylic acids is 2. The zero-order chi connectivity index (χ0) is 16.5. The standard InChI is InChI=1S/C18H12N4O2/c23-17-11-5-1-2-6-12(11)18(24)16(17)13(9-15-20-10-21-22-15)14-7-3-4-8-19-14/h1-10,16H,(H,20,21,22). The lowest BCUT2D eigenvalue weighted by atomic mass is 9.90. The number of aromatic nitrogens is 4. The number of benzene rings is 1. The first-order chi connectivity index (χ1) is 11.8. The second-order valence-electron chi connectivity index (χ2n) is 5.39. The van der Waals surface area contributed by atoms with Gasteiger partial charge in [-0.1, -0.05) is 30.3 Å². The summed E-state index contributed by atoms with van der Waals surface area (Å²) >= 11 is 0. The molecule has 24 heavy (non-hydrogen) atoms. The Morgan fingerprint density at radius 3 is 2.25 bits per heavy atom. The number of ketones is 2. The first kappa shape index (κ1) is 14.2. The number of Topliss-reactive ketones (excluding diaryl/α,β-unsaturated/α-hetero) is 2. The Labute approximate surface area is 137 Å². The first-order valence-corrected chi connectivity index (χ1v) is 7.41. The van der Waals surface area contributed by atoms with Gasteiger partial charge in [0.05, 0.1) is 5.69 Å². The molecule has 0 saturated heterocycles. The molecule has 116 valence electrons. The van der Waals surface area contributed by atoms with Gasteiger partial charge in [0.1, 0.15) is 18.1 Å². The van der Waals surface area contributed by atoms with Gasteiger partial charge in [-0.3, -0.25) is 19.7 Å². The minimum Gasteiger partial charge on any atom is -0.293 e. The van der Waals surface area contributed by atoms with Gasteiger partial charge in [0.15, 0.2) is 11.6 Å². The number of carbonyl (C=O) groups is 2. The number of allylic oxidation sites excluding steroid dienone is 1. The number of hydrogen-bond acceptors (Lipinski definition) is 5. The van der Waals surface area contributed by atoms with Crippen molar-refractivity contribution < 1.29 is 9.59 Å². The van der Waals surface area contributed by atoms with Crippen LogP contribution in [0.2, 0.25) is 0 Å². The van der Waals surface area contributed by atoms with Crippen LogP contribution in [0.4, 0.5) is 0 Å². The topological polar surface area (TPSA) is 88.6 Å². The van der Waals surface area contributed by atoms with Gasteiger partial charge in [0.25, 0.3) is 0 Å². The summed E-state index contributed by atoms with van der Waals surface area (Å²) in [4.78, 5) is 34.0. The van der Waals surface area contributed by atoms with Gasteiger partial charge in [0, 0.05) is 22.9 Å². The van der Waals surface area contributed by atoms with E-state index in [0.717, 1.165) is 0 Å². The molecule has 6 heteroatoms. The minimum atomic E-state index is -0.914. The third-order valence-corrected chi connectivity index (χ3v) is 3.98. The molecule has 3 aromatic rings. The van der Waals surface area contributed by atoms with Crippen molar-refractivity contribution in [3.05, 3.63) is 77.6 Å². The Morgan fingerprint density at radius 1 is 0.958 bits per heavy atom. The summed E-state index contributed by atoms with van der Waals surface area (Å²) < 4.78 is 0. The van der Waals surface area contributed by atoms with Crippen molar-refractivity contribution in [2.45, 2.75) is 0 Å². The number of H-pyrrole nitrogens is 1.